The Bertz CT molecular complexity index is 1700. The lowest BCUT2D eigenvalue weighted by Gasteiger charge is -2.29. The molecule has 3 aliphatic heterocycles. The standard InChI is InChI=1S/C28H21N5O5/c34-25-23-22(12-15-14-29-20-10-3-1-8-18(15)20)31-28(19-9-2-4-11-21(19)30-27(28)36)24(23)26(35)32(25)16-6-5-7-17(13-16)33(37)38/h1-11,13-14,22-24,29,31H,12H2,(H,30,36)/t22-,23+,24+,28+/m0/s1. The summed E-state index contributed by atoms with van der Waals surface area (Å²) in [5.41, 5.74) is 1.55. The van der Waals surface area contributed by atoms with Gasteiger partial charge in [-0.25, -0.2) is 4.90 Å². The zero-order chi connectivity index (χ0) is 26.2. The summed E-state index contributed by atoms with van der Waals surface area (Å²) in [6.45, 7) is 0. The van der Waals surface area contributed by atoms with Crippen LogP contribution < -0.4 is 15.5 Å². The molecule has 0 bridgehead atoms. The van der Waals surface area contributed by atoms with Gasteiger partial charge in [0.2, 0.25) is 17.7 Å². The van der Waals surface area contributed by atoms with E-state index in [2.05, 4.69) is 15.6 Å². The number of nitro benzene ring substituents is 1. The molecular formula is C28H21N5O5. The number of nitro groups is 1. The average molecular weight is 508 g/mol. The minimum atomic E-state index is -1.44. The van der Waals surface area contributed by atoms with Crippen molar-refractivity contribution < 1.29 is 19.3 Å². The third-order valence-electron chi connectivity index (χ3n) is 8.04. The van der Waals surface area contributed by atoms with Crippen molar-refractivity contribution in [3.8, 4) is 0 Å². The highest BCUT2D eigenvalue weighted by Gasteiger charge is 2.70. The molecule has 2 fully saturated rings. The number of carbonyl (C=O) groups is 3. The number of hydrogen-bond donors (Lipinski definition) is 3. The third kappa shape index (κ3) is 2.88. The molecule has 4 aromatic rings. The van der Waals surface area contributed by atoms with Gasteiger partial charge in [-0.1, -0.05) is 42.5 Å². The highest BCUT2D eigenvalue weighted by Crippen LogP contribution is 2.54. The zero-order valence-corrected chi connectivity index (χ0v) is 19.9. The first-order valence-electron chi connectivity index (χ1n) is 12.3. The summed E-state index contributed by atoms with van der Waals surface area (Å²) in [6.07, 6.45) is 2.28. The van der Waals surface area contributed by atoms with E-state index in [0.717, 1.165) is 21.4 Å². The molecule has 0 saturated carbocycles. The molecular weight excluding hydrogens is 486 g/mol. The summed E-state index contributed by atoms with van der Waals surface area (Å²) in [5.74, 6) is -3.30. The van der Waals surface area contributed by atoms with Crippen molar-refractivity contribution in [1.82, 2.24) is 10.3 Å². The van der Waals surface area contributed by atoms with Gasteiger partial charge in [-0.15, -0.1) is 0 Å². The number of benzene rings is 3. The van der Waals surface area contributed by atoms with E-state index < -0.39 is 46.1 Å². The van der Waals surface area contributed by atoms with Crippen LogP contribution in [0.4, 0.5) is 17.1 Å². The molecule has 3 amide bonds. The molecule has 1 spiro atoms. The van der Waals surface area contributed by atoms with Crippen molar-refractivity contribution in [2.24, 2.45) is 11.8 Å². The molecule has 10 nitrogen and oxygen atoms in total. The van der Waals surface area contributed by atoms with Crippen LogP contribution in [0.5, 0.6) is 0 Å². The summed E-state index contributed by atoms with van der Waals surface area (Å²) >= 11 is 0. The molecule has 0 unspecified atom stereocenters. The zero-order valence-electron chi connectivity index (χ0n) is 19.9. The van der Waals surface area contributed by atoms with Gasteiger partial charge < -0.3 is 10.3 Å². The van der Waals surface area contributed by atoms with Crippen LogP contribution in [0.3, 0.4) is 0 Å². The maximum Gasteiger partial charge on any atom is 0.271 e. The number of imide groups is 1. The summed E-state index contributed by atoms with van der Waals surface area (Å²) in [4.78, 5) is 56.8. The van der Waals surface area contributed by atoms with E-state index in [1.165, 1.54) is 24.3 Å². The maximum atomic E-state index is 14.1. The van der Waals surface area contributed by atoms with Crippen LogP contribution in [-0.4, -0.2) is 33.7 Å². The van der Waals surface area contributed by atoms with Crippen LogP contribution in [0.2, 0.25) is 0 Å². The lowest BCUT2D eigenvalue weighted by atomic mass is 9.76. The molecule has 7 rings (SSSR count). The molecule has 3 N–H and O–H groups in total. The first-order valence-corrected chi connectivity index (χ1v) is 12.3. The van der Waals surface area contributed by atoms with Crippen LogP contribution in [0, 0.1) is 22.0 Å². The lowest BCUT2D eigenvalue weighted by molar-refractivity contribution is -0.384. The number of amides is 3. The Hall–Kier alpha value is -4.83. The quantitative estimate of drug-likeness (QED) is 0.220. The predicted molar refractivity (Wildman–Crippen MR) is 138 cm³/mol. The van der Waals surface area contributed by atoms with Crippen LogP contribution in [0.25, 0.3) is 10.9 Å². The van der Waals surface area contributed by atoms with Crippen LogP contribution in [0.15, 0.2) is 79.0 Å². The Balaban J connectivity index is 1.37. The Kier molecular flexibility index (Phi) is 4.61. The Labute approximate surface area is 215 Å². The number of nitrogens with zero attached hydrogens (tertiary/aromatic N) is 2. The van der Waals surface area contributed by atoms with Crippen LogP contribution in [0.1, 0.15) is 11.1 Å². The number of nitrogens with one attached hydrogen (secondary N) is 3. The molecule has 0 radical (unpaired) electrons. The highest BCUT2D eigenvalue weighted by molar-refractivity contribution is 6.26. The number of para-hydroxylation sites is 2. The fraction of sp³-hybridized carbons (Fsp3) is 0.179. The summed E-state index contributed by atoms with van der Waals surface area (Å²) in [6, 6.07) is 19.9. The van der Waals surface area contributed by atoms with Gasteiger partial charge in [-0.2, -0.15) is 0 Å². The maximum absolute atomic E-state index is 14.1. The monoisotopic (exact) mass is 507 g/mol. The van der Waals surface area contributed by atoms with Crippen molar-refractivity contribution in [3.05, 3.63) is 100 Å². The number of carbonyl (C=O) groups excluding carboxylic acids is 3. The average Bonchev–Trinajstić information content (AvgIpc) is 3.63. The summed E-state index contributed by atoms with van der Waals surface area (Å²) in [5, 5.41) is 18.7. The van der Waals surface area contributed by atoms with Gasteiger partial charge in [0.25, 0.3) is 5.69 Å². The van der Waals surface area contributed by atoms with Crippen molar-refractivity contribution >= 4 is 45.7 Å². The smallest absolute Gasteiger partial charge is 0.271 e. The van der Waals surface area contributed by atoms with Gasteiger partial charge >= 0.3 is 0 Å². The number of non-ortho nitro benzene ring substituents is 1. The fourth-order valence-electron chi connectivity index (χ4n) is 6.47. The van der Waals surface area contributed by atoms with Crippen molar-refractivity contribution in [3.63, 3.8) is 0 Å². The lowest BCUT2D eigenvalue weighted by Crippen LogP contribution is -2.53. The predicted octanol–water partition coefficient (Wildman–Crippen LogP) is 3.24. The second-order valence-electron chi connectivity index (χ2n) is 9.91. The summed E-state index contributed by atoms with van der Waals surface area (Å²) in [7, 11) is 0. The Morgan fingerprint density at radius 2 is 1.74 bits per heavy atom. The van der Waals surface area contributed by atoms with Gasteiger partial charge in [0.1, 0.15) is 5.54 Å². The number of aromatic nitrogens is 1. The molecule has 10 heteroatoms. The summed E-state index contributed by atoms with van der Waals surface area (Å²) < 4.78 is 0. The van der Waals surface area contributed by atoms with E-state index >= 15 is 0 Å². The molecule has 2 saturated heterocycles. The molecule has 0 aliphatic carbocycles. The van der Waals surface area contributed by atoms with Gasteiger partial charge in [-0.3, -0.25) is 29.8 Å². The first kappa shape index (κ1) is 22.4. The van der Waals surface area contributed by atoms with Gasteiger partial charge in [0.15, 0.2) is 0 Å². The number of hydrogen-bond acceptors (Lipinski definition) is 6. The van der Waals surface area contributed by atoms with Crippen molar-refractivity contribution in [2.45, 2.75) is 18.0 Å². The fourth-order valence-corrected chi connectivity index (χ4v) is 6.47. The molecule has 4 atom stereocenters. The van der Waals surface area contributed by atoms with E-state index in [4.69, 9.17) is 0 Å². The van der Waals surface area contributed by atoms with Crippen molar-refractivity contribution in [2.75, 3.05) is 10.2 Å². The number of anilines is 2. The minimum absolute atomic E-state index is 0.122. The van der Waals surface area contributed by atoms with E-state index in [-0.39, 0.29) is 11.4 Å². The van der Waals surface area contributed by atoms with E-state index in [9.17, 15) is 24.5 Å². The number of aromatic amines is 1. The van der Waals surface area contributed by atoms with Gasteiger partial charge in [0, 0.05) is 46.5 Å². The second-order valence-corrected chi connectivity index (χ2v) is 9.91. The Morgan fingerprint density at radius 3 is 2.58 bits per heavy atom. The topological polar surface area (TPSA) is 137 Å². The SMILES string of the molecule is O=C1[C@@H]2[C@H](Cc3c[nH]c4ccccc34)N[C@@]3(C(=O)Nc4ccccc43)[C@H]2C(=O)N1c1cccc([N+](=O)[O-])c1. The minimum Gasteiger partial charge on any atom is -0.361 e. The van der Waals surface area contributed by atoms with E-state index in [1.54, 1.807) is 24.3 Å². The first-order chi connectivity index (χ1) is 18.4. The van der Waals surface area contributed by atoms with Gasteiger partial charge in [-0.05, 0) is 30.2 Å². The van der Waals surface area contributed by atoms with Crippen LogP contribution >= 0.6 is 0 Å². The number of rotatable bonds is 4. The molecule has 3 aliphatic rings. The van der Waals surface area contributed by atoms with E-state index in [1.807, 2.05) is 30.5 Å². The Morgan fingerprint density at radius 1 is 0.947 bits per heavy atom. The molecule has 4 heterocycles. The molecule has 188 valence electrons. The van der Waals surface area contributed by atoms with Crippen LogP contribution in [-0.2, 0) is 26.3 Å². The van der Waals surface area contributed by atoms with Crippen molar-refractivity contribution in [1.29, 1.82) is 0 Å². The number of H-pyrrole nitrogens is 1. The van der Waals surface area contributed by atoms with Gasteiger partial charge in [0.05, 0.1) is 22.4 Å². The molecule has 38 heavy (non-hydrogen) atoms. The largest absolute Gasteiger partial charge is 0.361 e. The molecule has 3 aromatic carbocycles. The second kappa shape index (κ2) is 7.83. The normalized spacial score (nSPS) is 25.7. The third-order valence-corrected chi connectivity index (χ3v) is 8.04. The van der Waals surface area contributed by atoms with E-state index in [0.29, 0.717) is 17.7 Å². The highest BCUT2D eigenvalue weighted by atomic mass is 16.6. The number of fused-ring (bicyclic) bond motifs is 5. The molecule has 1 aromatic heterocycles.